The predicted octanol–water partition coefficient (Wildman–Crippen LogP) is 1.98. The molecule has 0 heterocycles. The quantitative estimate of drug-likeness (QED) is 0.479. The highest BCUT2D eigenvalue weighted by Crippen LogP contribution is 1.96. The third-order valence-corrected chi connectivity index (χ3v) is 1.88. The lowest BCUT2D eigenvalue weighted by atomic mass is 10.3. The zero-order valence-electron chi connectivity index (χ0n) is 10.4. The summed E-state index contributed by atoms with van der Waals surface area (Å²) >= 11 is 0. The van der Waals surface area contributed by atoms with Crippen molar-refractivity contribution in [3.05, 3.63) is 30.3 Å². The summed E-state index contributed by atoms with van der Waals surface area (Å²) in [6.07, 6.45) is 0.864. The molecular formula is C13H21NO3. The number of unbranched alkanes of at least 4 members (excludes halogenated alkanes) is 1. The molecule has 0 fully saturated rings. The molecule has 1 unspecified atom stereocenters. The predicted molar refractivity (Wildman–Crippen MR) is 68.4 cm³/mol. The molecule has 0 aliphatic rings. The van der Waals surface area contributed by atoms with E-state index in [1.165, 1.54) is 6.92 Å². The van der Waals surface area contributed by atoms with Crippen molar-refractivity contribution in [1.82, 2.24) is 0 Å². The Morgan fingerprint density at radius 1 is 1.41 bits per heavy atom. The molecule has 0 spiro atoms. The van der Waals surface area contributed by atoms with Gasteiger partial charge in [0.25, 0.3) is 0 Å². The number of hydrogen-bond donors (Lipinski definition) is 2. The molecule has 1 aromatic carbocycles. The number of para-hydroxylation sites is 1. The van der Waals surface area contributed by atoms with Gasteiger partial charge >= 0.3 is 5.97 Å². The second kappa shape index (κ2) is 9.66. The molecule has 4 heteroatoms. The van der Waals surface area contributed by atoms with E-state index in [0.29, 0.717) is 6.61 Å². The zero-order valence-corrected chi connectivity index (χ0v) is 10.4. The first kappa shape index (κ1) is 15.4. The Morgan fingerprint density at radius 2 is 2.00 bits per heavy atom. The zero-order chi connectivity index (χ0) is 13.1. The number of hydrogen-bond acceptors (Lipinski definition) is 4. The minimum absolute atomic E-state index is 0.417. The molecule has 3 N–H and O–H groups in total. The number of nitrogens with two attached hydrogens (primary N) is 1. The Bertz CT molecular complexity index is 299. The van der Waals surface area contributed by atoms with E-state index in [2.05, 4.69) is 4.74 Å². The molecule has 0 bridgehead atoms. The Balaban J connectivity index is 0.000000318. The summed E-state index contributed by atoms with van der Waals surface area (Å²) in [5, 5.41) is 8.65. The van der Waals surface area contributed by atoms with Gasteiger partial charge in [-0.3, -0.25) is 0 Å². The number of anilines is 1. The minimum Gasteiger partial charge on any atom is -0.464 e. The van der Waals surface area contributed by atoms with Crippen LogP contribution in [0, 0.1) is 0 Å². The minimum atomic E-state index is -0.989. The van der Waals surface area contributed by atoms with E-state index in [9.17, 15) is 4.79 Å². The molecule has 1 atom stereocenters. The van der Waals surface area contributed by atoms with Gasteiger partial charge in [-0.05, 0) is 25.5 Å². The Hall–Kier alpha value is -1.55. The maximum atomic E-state index is 10.5. The van der Waals surface area contributed by atoms with Gasteiger partial charge in [0.15, 0.2) is 0 Å². The second-order valence-corrected chi connectivity index (χ2v) is 3.61. The number of ether oxygens (including phenoxy) is 1. The van der Waals surface area contributed by atoms with Crippen molar-refractivity contribution in [3.8, 4) is 0 Å². The normalized spacial score (nSPS) is 11.0. The fourth-order valence-electron chi connectivity index (χ4n) is 0.891. The molecule has 4 nitrogen and oxygen atoms in total. The summed E-state index contributed by atoms with van der Waals surface area (Å²) in [5.41, 5.74) is 6.18. The third kappa shape index (κ3) is 9.38. The molecule has 0 aliphatic heterocycles. The van der Waals surface area contributed by atoms with E-state index in [1.54, 1.807) is 0 Å². The molecule has 0 aliphatic carbocycles. The monoisotopic (exact) mass is 239 g/mol. The maximum absolute atomic E-state index is 10.5. The summed E-state index contributed by atoms with van der Waals surface area (Å²) < 4.78 is 4.65. The van der Waals surface area contributed by atoms with Gasteiger partial charge in [0.2, 0.25) is 0 Å². The summed E-state index contributed by atoms with van der Waals surface area (Å²) in [5.74, 6) is -0.534. The van der Waals surface area contributed by atoms with Crippen molar-refractivity contribution in [2.75, 3.05) is 12.3 Å². The topological polar surface area (TPSA) is 72.5 Å². The van der Waals surface area contributed by atoms with Gasteiger partial charge in [-0.15, -0.1) is 0 Å². The number of carbonyl (C=O) groups is 1. The highest BCUT2D eigenvalue weighted by atomic mass is 16.5. The Labute approximate surface area is 102 Å². The number of carbonyl (C=O) groups excluding carboxylic acids is 1. The lowest BCUT2D eigenvalue weighted by Gasteiger charge is -2.04. The average Bonchev–Trinajstić information content (AvgIpc) is 2.31. The van der Waals surface area contributed by atoms with Crippen LogP contribution in [0.15, 0.2) is 30.3 Å². The smallest absolute Gasteiger partial charge is 0.334 e. The van der Waals surface area contributed by atoms with Gasteiger partial charge < -0.3 is 15.6 Å². The standard InChI is InChI=1S/C7H14O3.C6H7N/c1-3-4-5-10-7(9)6(2)8;7-6-4-2-1-3-5-6/h6,8H,3-5H2,1-2H3;1-5H,7H2. The van der Waals surface area contributed by atoms with Crippen LogP contribution in [0.4, 0.5) is 5.69 Å². The van der Waals surface area contributed by atoms with Gasteiger partial charge in [-0.1, -0.05) is 31.5 Å². The van der Waals surface area contributed by atoms with E-state index < -0.39 is 12.1 Å². The van der Waals surface area contributed by atoms with Crippen molar-refractivity contribution in [2.45, 2.75) is 32.8 Å². The molecular weight excluding hydrogens is 218 g/mol. The summed E-state index contributed by atoms with van der Waals surface area (Å²) in [7, 11) is 0. The molecule has 0 saturated heterocycles. The van der Waals surface area contributed by atoms with Crippen molar-refractivity contribution in [1.29, 1.82) is 0 Å². The Morgan fingerprint density at radius 3 is 2.35 bits per heavy atom. The van der Waals surface area contributed by atoms with Crippen LogP contribution in [0.2, 0.25) is 0 Å². The van der Waals surface area contributed by atoms with E-state index in [0.717, 1.165) is 18.5 Å². The van der Waals surface area contributed by atoms with Gasteiger partial charge in [0.05, 0.1) is 6.61 Å². The van der Waals surface area contributed by atoms with Crippen molar-refractivity contribution in [3.63, 3.8) is 0 Å². The summed E-state index contributed by atoms with van der Waals surface area (Å²) in [4.78, 5) is 10.5. The molecule has 0 radical (unpaired) electrons. The molecule has 17 heavy (non-hydrogen) atoms. The van der Waals surface area contributed by atoms with Crippen LogP contribution in [0.1, 0.15) is 26.7 Å². The number of rotatable bonds is 4. The van der Waals surface area contributed by atoms with Gasteiger partial charge in [0.1, 0.15) is 6.10 Å². The largest absolute Gasteiger partial charge is 0.464 e. The fourth-order valence-corrected chi connectivity index (χ4v) is 0.891. The van der Waals surface area contributed by atoms with E-state index in [-0.39, 0.29) is 0 Å². The van der Waals surface area contributed by atoms with E-state index >= 15 is 0 Å². The Kier molecular flexibility index (Phi) is 8.78. The molecule has 0 aromatic heterocycles. The number of benzene rings is 1. The lowest BCUT2D eigenvalue weighted by Crippen LogP contribution is -2.19. The van der Waals surface area contributed by atoms with Gasteiger partial charge in [0, 0.05) is 5.69 Å². The van der Waals surface area contributed by atoms with Crippen LogP contribution < -0.4 is 5.73 Å². The summed E-state index contributed by atoms with van der Waals surface area (Å²) in [6, 6.07) is 9.49. The molecule has 0 amide bonds. The van der Waals surface area contributed by atoms with Crippen LogP contribution >= 0.6 is 0 Å². The first-order valence-corrected chi connectivity index (χ1v) is 5.73. The first-order chi connectivity index (χ1) is 8.07. The maximum Gasteiger partial charge on any atom is 0.334 e. The highest BCUT2D eigenvalue weighted by molar-refractivity contribution is 5.73. The fraction of sp³-hybridized carbons (Fsp3) is 0.462. The van der Waals surface area contributed by atoms with Crippen LogP contribution in [0.25, 0.3) is 0 Å². The molecule has 1 rings (SSSR count). The molecule has 96 valence electrons. The van der Waals surface area contributed by atoms with Crippen LogP contribution in [0.5, 0.6) is 0 Å². The SMILES string of the molecule is CCCCOC(=O)C(C)O.Nc1ccccc1. The number of aliphatic hydroxyl groups excluding tert-OH is 1. The summed E-state index contributed by atoms with van der Waals surface area (Å²) in [6.45, 7) is 3.82. The van der Waals surface area contributed by atoms with Crippen molar-refractivity contribution in [2.24, 2.45) is 0 Å². The number of nitrogen functional groups attached to an aromatic ring is 1. The van der Waals surface area contributed by atoms with Gasteiger partial charge in [-0.25, -0.2) is 4.79 Å². The lowest BCUT2D eigenvalue weighted by molar-refractivity contribution is -0.152. The van der Waals surface area contributed by atoms with E-state index in [1.807, 2.05) is 37.3 Å². The second-order valence-electron chi connectivity index (χ2n) is 3.61. The van der Waals surface area contributed by atoms with Gasteiger partial charge in [-0.2, -0.15) is 0 Å². The molecule has 0 saturated carbocycles. The van der Waals surface area contributed by atoms with Crippen molar-refractivity contribution < 1.29 is 14.6 Å². The van der Waals surface area contributed by atoms with Crippen LogP contribution in [-0.2, 0) is 9.53 Å². The highest BCUT2D eigenvalue weighted by Gasteiger charge is 2.08. The molecule has 1 aromatic rings. The van der Waals surface area contributed by atoms with E-state index in [4.69, 9.17) is 10.8 Å². The first-order valence-electron chi connectivity index (χ1n) is 5.73. The van der Waals surface area contributed by atoms with Crippen LogP contribution in [-0.4, -0.2) is 23.8 Å². The number of aliphatic hydroxyl groups is 1. The third-order valence-electron chi connectivity index (χ3n) is 1.88. The number of esters is 1. The van der Waals surface area contributed by atoms with Crippen LogP contribution in [0.3, 0.4) is 0 Å². The average molecular weight is 239 g/mol. The van der Waals surface area contributed by atoms with Crippen molar-refractivity contribution >= 4 is 11.7 Å².